The quantitative estimate of drug-likeness (QED) is 0.897. The Bertz CT molecular complexity index is 640. The molecule has 0 fully saturated rings. The molecule has 2 N–H and O–H groups in total. The summed E-state index contributed by atoms with van der Waals surface area (Å²) in [5.41, 5.74) is 2.01. The van der Waals surface area contributed by atoms with Crippen LogP contribution in [0.4, 0.5) is 0 Å². The lowest BCUT2D eigenvalue weighted by molar-refractivity contribution is 0.397. The van der Waals surface area contributed by atoms with E-state index in [4.69, 9.17) is 4.74 Å². The molecule has 0 aliphatic rings. The lowest BCUT2D eigenvalue weighted by atomic mass is 9.98. The van der Waals surface area contributed by atoms with Gasteiger partial charge in [-0.1, -0.05) is 26.0 Å². The van der Waals surface area contributed by atoms with Gasteiger partial charge in [-0.25, -0.2) is 4.98 Å². The number of benzene rings is 1. The van der Waals surface area contributed by atoms with Crippen molar-refractivity contribution in [1.82, 2.24) is 4.98 Å². The Labute approximate surface area is 124 Å². The van der Waals surface area contributed by atoms with Crippen LogP contribution in [0.15, 0.2) is 30.3 Å². The number of rotatable bonds is 4. The molecule has 2 aromatic rings. The molecule has 1 heterocycles. The second kappa shape index (κ2) is 6.31. The number of ether oxygens (including phenoxy) is 1. The van der Waals surface area contributed by atoms with Gasteiger partial charge in [0.25, 0.3) is 0 Å². The van der Waals surface area contributed by atoms with E-state index in [0.717, 1.165) is 5.69 Å². The molecule has 1 aromatic heterocycles. The van der Waals surface area contributed by atoms with Crippen molar-refractivity contribution >= 4 is 12.2 Å². The summed E-state index contributed by atoms with van der Waals surface area (Å²) in [7, 11) is 1.57. The first-order valence-corrected chi connectivity index (χ1v) is 6.76. The number of hydrogen-bond donors (Lipinski definition) is 2. The van der Waals surface area contributed by atoms with Gasteiger partial charge in [0, 0.05) is 11.6 Å². The third kappa shape index (κ3) is 3.54. The number of phenolic OH excluding ortho intramolecular Hbond substituents is 2. The van der Waals surface area contributed by atoms with Gasteiger partial charge in [-0.15, -0.1) is 0 Å². The molecule has 0 unspecified atom stereocenters. The standard InChI is InChI=1S/C17H19NO3/c1-11(2)17-14(19)9-12(10-15(17)20)7-8-13-5-4-6-16(18-13)21-3/h4-11,19-20H,1-3H3/b8-7+. The second-order valence-corrected chi connectivity index (χ2v) is 5.07. The topological polar surface area (TPSA) is 62.6 Å². The Morgan fingerprint density at radius 1 is 1.10 bits per heavy atom. The molecule has 0 amide bonds. The maximum absolute atomic E-state index is 9.99. The van der Waals surface area contributed by atoms with E-state index in [0.29, 0.717) is 17.0 Å². The van der Waals surface area contributed by atoms with E-state index in [1.54, 1.807) is 37.5 Å². The predicted octanol–water partition coefficient (Wildman–Crippen LogP) is 3.80. The summed E-state index contributed by atoms with van der Waals surface area (Å²) in [5, 5.41) is 20.0. The van der Waals surface area contributed by atoms with Crippen LogP contribution in [0.25, 0.3) is 12.2 Å². The second-order valence-electron chi connectivity index (χ2n) is 5.07. The van der Waals surface area contributed by atoms with Crippen LogP contribution in [0.5, 0.6) is 17.4 Å². The first-order valence-electron chi connectivity index (χ1n) is 6.76. The van der Waals surface area contributed by atoms with Gasteiger partial charge in [-0.05, 0) is 35.8 Å². The van der Waals surface area contributed by atoms with Gasteiger partial charge in [0.1, 0.15) is 11.5 Å². The van der Waals surface area contributed by atoms with Crippen molar-refractivity contribution in [2.45, 2.75) is 19.8 Å². The Morgan fingerprint density at radius 2 is 1.76 bits per heavy atom. The molecule has 110 valence electrons. The highest BCUT2D eigenvalue weighted by Crippen LogP contribution is 2.35. The third-order valence-electron chi connectivity index (χ3n) is 3.14. The zero-order chi connectivity index (χ0) is 15.4. The van der Waals surface area contributed by atoms with Gasteiger partial charge < -0.3 is 14.9 Å². The molecular formula is C17H19NO3. The molecule has 21 heavy (non-hydrogen) atoms. The van der Waals surface area contributed by atoms with Crippen molar-refractivity contribution in [1.29, 1.82) is 0 Å². The summed E-state index contributed by atoms with van der Waals surface area (Å²) in [6, 6.07) is 8.73. The fourth-order valence-electron chi connectivity index (χ4n) is 2.15. The van der Waals surface area contributed by atoms with Crippen molar-refractivity contribution in [2.24, 2.45) is 0 Å². The van der Waals surface area contributed by atoms with Crippen molar-refractivity contribution in [3.63, 3.8) is 0 Å². The van der Waals surface area contributed by atoms with Crippen molar-refractivity contribution in [2.75, 3.05) is 7.11 Å². The number of pyridine rings is 1. The molecule has 4 nitrogen and oxygen atoms in total. The van der Waals surface area contributed by atoms with Crippen molar-refractivity contribution < 1.29 is 14.9 Å². The molecule has 4 heteroatoms. The van der Waals surface area contributed by atoms with Gasteiger partial charge in [-0.3, -0.25) is 0 Å². The fourth-order valence-corrected chi connectivity index (χ4v) is 2.15. The van der Waals surface area contributed by atoms with Crippen LogP contribution in [0.1, 0.15) is 36.6 Å². The van der Waals surface area contributed by atoms with Crippen LogP contribution in [0, 0.1) is 0 Å². The van der Waals surface area contributed by atoms with E-state index >= 15 is 0 Å². The summed E-state index contributed by atoms with van der Waals surface area (Å²) in [4.78, 5) is 4.26. The van der Waals surface area contributed by atoms with Crippen molar-refractivity contribution in [3.8, 4) is 17.4 Å². The highest BCUT2D eigenvalue weighted by molar-refractivity contribution is 5.70. The zero-order valence-corrected chi connectivity index (χ0v) is 12.4. The SMILES string of the molecule is COc1cccc(/C=C/c2cc(O)c(C(C)C)c(O)c2)n1. The van der Waals surface area contributed by atoms with Gasteiger partial charge >= 0.3 is 0 Å². The Kier molecular flexibility index (Phi) is 4.48. The maximum Gasteiger partial charge on any atom is 0.213 e. The number of phenols is 2. The molecule has 0 saturated heterocycles. The normalized spacial score (nSPS) is 11.2. The fraction of sp³-hybridized carbons (Fsp3) is 0.235. The average Bonchev–Trinajstić information content (AvgIpc) is 2.44. The van der Waals surface area contributed by atoms with Crippen molar-refractivity contribution in [3.05, 3.63) is 47.2 Å². The number of methoxy groups -OCH3 is 1. The summed E-state index contributed by atoms with van der Waals surface area (Å²) >= 11 is 0. The molecule has 0 spiro atoms. The molecule has 1 aromatic carbocycles. The Morgan fingerprint density at radius 3 is 2.33 bits per heavy atom. The number of hydrogen-bond acceptors (Lipinski definition) is 4. The van der Waals surface area contributed by atoms with Crippen LogP contribution < -0.4 is 4.74 Å². The Hall–Kier alpha value is -2.49. The molecule has 0 bridgehead atoms. The van der Waals surface area contributed by atoms with Crippen LogP contribution in [-0.4, -0.2) is 22.3 Å². The highest BCUT2D eigenvalue weighted by Gasteiger charge is 2.12. The molecular weight excluding hydrogens is 266 g/mol. The van der Waals surface area contributed by atoms with Crippen LogP contribution in [0.3, 0.4) is 0 Å². The summed E-state index contributed by atoms with van der Waals surface area (Å²) in [6.07, 6.45) is 3.58. The molecule has 0 radical (unpaired) electrons. The smallest absolute Gasteiger partial charge is 0.213 e. The summed E-state index contributed by atoms with van der Waals surface area (Å²) in [5.74, 6) is 0.799. The number of aromatic nitrogens is 1. The van der Waals surface area contributed by atoms with Gasteiger partial charge in [0.05, 0.1) is 12.8 Å². The zero-order valence-electron chi connectivity index (χ0n) is 12.4. The van der Waals surface area contributed by atoms with E-state index in [1.807, 2.05) is 26.0 Å². The first kappa shape index (κ1) is 14.9. The molecule has 0 saturated carbocycles. The third-order valence-corrected chi connectivity index (χ3v) is 3.14. The predicted molar refractivity (Wildman–Crippen MR) is 83.6 cm³/mol. The lowest BCUT2D eigenvalue weighted by Gasteiger charge is -2.11. The van der Waals surface area contributed by atoms with Gasteiger partial charge in [0.2, 0.25) is 5.88 Å². The largest absolute Gasteiger partial charge is 0.507 e. The van der Waals surface area contributed by atoms with Crippen LogP contribution in [-0.2, 0) is 0 Å². The number of nitrogens with zero attached hydrogens (tertiary/aromatic N) is 1. The van der Waals surface area contributed by atoms with Crippen LogP contribution >= 0.6 is 0 Å². The molecule has 0 aliphatic carbocycles. The minimum absolute atomic E-state index is 0.0584. The minimum Gasteiger partial charge on any atom is -0.507 e. The van der Waals surface area contributed by atoms with E-state index in [1.165, 1.54) is 0 Å². The summed E-state index contributed by atoms with van der Waals surface area (Å²) < 4.78 is 5.06. The number of aromatic hydroxyl groups is 2. The average molecular weight is 285 g/mol. The monoisotopic (exact) mass is 285 g/mol. The molecule has 2 rings (SSSR count). The van der Waals surface area contributed by atoms with Gasteiger partial charge in [0.15, 0.2) is 0 Å². The van der Waals surface area contributed by atoms with E-state index in [-0.39, 0.29) is 17.4 Å². The minimum atomic E-state index is 0.0584. The molecule has 0 aliphatic heterocycles. The first-order chi connectivity index (χ1) is 10.0. The lowest BCUT2D eigenvalue weighted by Crippen LogP contribution is -1.90. The van der Waals surface area contributed by atoms with Gasteiger partial charge in [-0.2, -0.15) is 0 Å². The maximum atomic E-state index is 9.99. The van der Waals surface area contributed by atoms with E-state index in [9.17, 15) is 10.2 Å². The summed E-state index contributed by atoms with van der Waals surface area (Å²) in [6.45, 7) is 3.84. The highest BCUT2D eigenvalue weighted by atomic mass is 16.5. The Balaban J connectivity index is 2.29. The van der Waals surface area contributed by atoms with E-state index < -0.39 is 0 Å². The molecule has 0 atom stereocenters. The van der Waals surface area contributed by atoms with E-state index in [2.05, 4.69) is 4.98 Å². The van der Waals surface area contributed by atoms with Crippen LogP contribution in [0.2, 0.25) is 0 Å².